The lowest BCUT2D eigenvalue weighted by molar-refractivity contribution is 0.0696. The van der Waals surface area contributed by atoms with Gasteiger partial charge in [-0.05, 0) is 12.1 Å². The van der Waals surface area contributed by atoms with E-state index in [-0.39, 0.29) is 17.1 Å². The van der Waals surface area contributed by atoms with Crippen LogP contribution in [0.2, 0.25) is 0 Å². The van der Waals surface area contributed by atoms with E-state index in [1.165, 1.54) is 19.2 Å². The predicted molar refractivity (Wildman–Crippen MR) is 69.8 cm³/mol. The Labute approximate surface area is 111 Å². The first kappa shape index (κ1) is 13.6. The Morgan fingerprint density at radius 1 is 1.42 bits per heavy atom. The van der Waals surface area contributed by atoms with Crippen molar-refractivity contribution < 1.29 is 19.7 Å². The van der Waals surface area contributed by atoms with Gasteiger partial charge in [-0.3, -0.25) is 4.90 Å². The highest BCUT2D eigenvalue weighted by molar-refractivity contribution is 5.89. The normalized spacial score (nSPS) is 16.3. The number of carboxylic acid groups (broad SMARTS) is 1. The number of ether oxygens (including phenoxy) is 1. The molecule has 1 aliphatic rings. The average Bonchev–Trinajstić information content (AvgIpc) is 2.42. The summed E-state index contributed by atoms with van der Waals surface area (Å²) < 4.78 is 5.02. The zero-order valence-electron chi connectivity index (χ0n) is 10.8. The van der Waals surface area contributed by atoms with Crippen LogP contribution in [0.15, 0.2) is 12.1 Å². The molecule has 1 aromatic carbocycles. The molecule has 0 aromatic heterocycles. The van der Waals surface area contributed by atoms with Gasteiger partial charge >= 0.3 is 5.97 Å². The second kappa shape index (κ2) is 5.90. The minimum atomic E-state index is -1.03. The van der Waals surface area contributed by atoms with Crippen molar-refractivity contribution >= 4 is 5.97 Å². The molecule has 0 amide bonds. The summed E-state index contributed by atoms with van der Waals surface area (Å²) in [6.07, 6.45) is 0. The number of phenols is 1. The molecular weight excluding hydrogens is 248 g/mol. The first-order valence-corrected chi connectivity index (χ1v) is 6.18. The summed E-state index contributed by atoms with van der Waals surface area (Å²) in [6, 6.07) is 2.83. The third-order valence-electron chi connectivity index (χ3n) is 3.22. The first-order valence-electron chi connectivity index (χ1n) is 6.18. The lowest BCUT2D eigenvalue weighted by atomic mass is 10.1. The molecule has 0 saturated carbocycles. The number of hydrogen-bond acceptors (Lipinski definition) is 5. The lowest BCUT2D eigenvalue weighted by Crippen LogP contribution is -2.42. The summed E-state index contributed by atoms with van der Waals surface area (Å²) in [6.45, 7) is 4.07. The number of phenolic OH excluding ortho intramolecular Hbond substituents is 1. The molecule has 1 aliphatic heterocycles. The molecule has 3 N–H and O–H groups in total. The van der Waals surface area contributed by atoms with Crippen molar-refractivity contribution in [3.8, 4) is 11.5 Å². The van der Waals surface area contributed by atoms with Crippen molar-refractivity contribution in [3.63, 3.8) is 0 Å². The molecule has 0 bridgehead atoms. The summed E-state index contributed by atoms with van der Waals surface area (Å²) in [5.41, 5.74) is 0.707. The van der Waals surface area contributed by atoms with Gasteiger partial charge in [0.15, 0.2) is 11.5 Å². The second-order valence-electron chi connectivity index (χ2n) is 4.52. The van der Waals surface area contributed by atoms with Gasteiger partial charge in [0.1, 0.15) is 0 Å². The third-order valence-corrected chi connectivity index (χ3v) is 3.22. The maximum Gasteiger partial charge on any atom is 0.335 e. The fraction of sp³-hybridized carbons (Fsp3) is 0.462. The number of rotatable bonds is 4. The van der Waals surface area contributed by atoms with Crippen LogP contribution < -0.4 is 10.1 Å². The van der Waals surface area contributed by atoms with E-state index in [0.717, 1.165) is 26.2 Å². The van der Waals surface area contributed by atoms with E-state index < -0.39 is 5.97 Å². The number of nitrogens with zero attached hydrogens (tertiary/aromatic N) is 1. The minimum Gasteiger partial charge on any atom is -0.504 e. The molecule has 1 fully saturated rings. The van der Waals surface area contributed by atoms with Gasteiger partial charge in [-0.25, -0.2) is 4.79 Å². The number of benzene rings is 1. The van der Waals surface area contributed by atoms with Crippen molar-refractivity contribution in [1.29, 1.82) is 0 Å². The second-order valence-corrected chi connectivity index (χ2v) is 4.52. The molecule has 2 rings (SSSR count). The summed E-state index contributed by atoms with van der Waals surface area (Å²) in [5.74, 6) is -0.809. The molecule has 0 spiro atoms. The van der Waals surface area contributed by atoms with Gasteiger partial charge < -0.3 is 20.3 Å². The van der Waals surface area contributed by atoms with Crippen molar-refractivity contribution in [2.75, 3.05) is 33.3 Å². The van der Waals surface area contributed by atoms with Crippen LogP contribution >= 0.6 is 0 Å². The van der Waals surface area contributed by atoms with Gasteiger partial charge in [0.2, 0.25) is 0 Å². The van der Waals surface area contributed by atoms with E-state index in [2.05, 4.69) is 10.2 Å². The quantitative estimate of drug-likeness (QED) is 0.736. The molecule has 0 radical (unpaired) electrons. The van der Waals surface area contributed by atoms with Crippen LogP contribution in [0.3, 0.4) is 0 Å². The van der Waals surface area contributed by atoms with Crippen LogP contribution in [0, 0.1) is 0 Å². The Kier molecular flexibility index (Phi) is 4.24. The van der Waals surface area contributed by atoms with Crippen LogP contribution in [-0.4, -0.2) is 54.4 Å². The van der Waals surface area contributed by atoms with E-state index in [1.807, 2.05) is 0 Å². The highest BCUT2D eigenvalue weighted by Gasteiger charge is 2.17. The fourth-order valence-electron chi connectivity index (χ4n) is 2.18. The summed E-state index contributed by atoms with van der Waals surface area (Å²) in [7, 11) is 1.41. The summed E-state index contributed by atoms with van der Waals surface area (Å²) in [5, 5.41) is 22.4. The Morgan fingerprint density at radius 3 is 2.68 bits per heavy atom. The number of hydrogen-bond donors (Lipinski definition) is 3. The van der Waals surface area contributed by atoms with Gasteiger partial charge in [0.05, 0.1) is 12.7 Å². The van der Waals surface area contributed by atoms with Crippen LogP contribution in [0.5, 0.6) is 11.5 Å². The van der Waals surface area contributed by atoms with Crippen LogP contribution in [0.4, 0.5) is 0 Å². The highest BCUT2D eigenvalue weighted by Crippen LogP contribution is 2.32. The zero-order chi connectivity index (χ0) is 13.8. The zero-order valence-corrected chi connectivity index (χ0v) is 10.8. The standard InChI is InChI=1S/C13H18N2O4/c1-19-11-7-9(13(17)18)6-10(12(11)16)8-15-4-2-14-3-5-15/h6-7,14,16H,2-5,8H2,1H3,(H,17,18). The van der Waals surface area contributed by atoms with Gasteiger partial charge in [-0.15, -0.1) is 0 Å². The van der Waals surface area contributed by atoms with E-state index in [0.29, 0.717) is 12.1 Å². The van der Waals surface area contributed by atoms with Crippen molar-refractivity contribution in [3.05, 3.63) is 23.3 Å². The minimum absolute atomic E-state index is 0.0195. The van der Waals surface area contributed by atoms with Crippen LogP contribution in [0.25, 0.3) is 0 Å². The molecule has 6 nitrogen and oxygen atoms in total. The fourth-order valence-corrected chi connectivity index (χ4v) is 2.18. The number of carbonyl (C=O) groups is 1. The molecule has 0 atom stereocenters. The maximum absolute atomic E-state index is 11.1. The van der Waals surface area contributed by atoms with Gasteiger partial charge in [0.25, 0.3) is 0 Å². The van der Waals surface area contributed by atoms with Crippen LogP contribution in [-0.2, 0) is 6.54 Å². The number of piperazine rings is 1. The molecule has 1 heterocycles. The number of carboxylic acids is 1. The van der Waals surface area contributed by atoms with Crippen molar-refractivity contribution in [1.82, 2.24) is 10.2 Å². The highest BCUT2D eigenvalue weighted by atomic mass is 16.5. The van der Waals surface area contributed by atoms with Gasteiger partial charge in [-0.1, -0.05) is 0 Å². The average molecular weight is 266 g/mol. The van der Waals surface area contributed by atoms with E-state index in [4.69, 9.17) is 9.84 Å². The molecule has 104 valence electrons. The predicted octanol–water partition coefficient (Wildman–Crippen LogP) is 0.504. The van der Waals surface area contributed by atoms with E-state index in [1.54, 1.807) is 0 Å². The summed E-state index contributed by atoms with van der Waals surface area (Å²) in [4.78, 5) is 13.2. The molecule has 0 aliphatic carbocycles. The van der Waals surface area contributed by atoms with Crippen molar-refractivity contribution in [2.45, 2.75) is 6.54 Å². The van der Waals surface area contributed by atoms with Gasteiger partial charge in [-0.2, -0.15) is 0 Å². The Morgan fingerprint density at radius 2 is 2.11 bits per heavy atom. The topological polar surface area (TPSA) is 82.0 Å². The number of methoxy groups -OCH3 is 1. The smallest absolute Gasteiger partial charge is 0.335 e. The molecule has 19 heavy (non-hydrogen) atoms. The number of aromatic hydroxyl groups is 1. The largest absolute Gasteiger partial charge is 0.504 e. The molecule has 1 aromatic rings. The molecule has 6 heteroatoms. The van der Waals surface area contributed by atoms with E-state index in [9.17, 15) is 9.90 Å². The monoisotopic (exact) mass is 266 g/mol. The SMILES string of the molecule is COc1cc(C(=O)O)cc(CN2CCNCC2)c1O. The van der Waals surface area contributed by atoms with Gasteiger partial charge in [0, 0.05) is 38.3 Å². The van der Waals surface area contributed by atoms with Crippen LogP contribution in [0.1, 0.15) is 15.9 Å². The molecule has 0 unspecified atom stereocenters. The van der Waals surface area contributed by atoms with E-state index >= 15 is 0 Å². The molecule has 1 saturated heterocycles. The maximum atomic E-state index is 11.1. The lowest BCUT2D eigenvalue weighted by Gasteiger charge is -2.27. The first-order chi connectivity index (χ1) is 9.11. The third kappa shape index (κ3) is 3.15. The Hall–Kier alpha value is -1.79. The number of nitrogens with one attached hydrogen (secondary N) is 1. The van der Waals surface area contributed by atoms with Crippen molar-refractivity contribution in [2.24, 2.45) is 0 Å². The number of aromatic carboxylic acids is 1. The molecular formula is C13H18N2O4. The Balaban J connectivity index is 2.26. The Bertz CT molecular complexity index is 470. The summed E-state index contributed by atoms with van der Waals surface area (Å²) >= 11 is 0.